The molecule has 0 unspecified atom stereocenters. The number of H-pyrrole nitrogens is 1. The highest BCUT2D eigenvalue weighted by Crippen LogP contribution is 2.35. The zero-order valence-electron chi connectivity index (χ0n) is 11.0. The Morgan fingerprint density at radius 2 is 2.35 bits per heavy atom. The second-order valence-electron chi connectivity index (χ2n) is 5.07. The molecular weight excluding hydrogens is 266 g/mol. The number of aromatic amines is 1. The van der Waals surface area contributed by atoms with E-state index < -0.39 is 18.4 Å². The second kappa shape index (κ2) is 4.62. The zero-order valence-corrected chi connectivity index (χ0v) is 11.0. The number of ether oxygens (including phenoxy) is 1. The number of fused-ring (bicyclic) bond motifs is 1. The smallest absolute Gasteiger partial charge is 0.278 e. The third kappa shape index (κ3) is 1.90. The van der Waals surface area contributed by atoms with Crippen LogP contribution in [-0.2, 0) is 4.74 Å². The van der Waals surface area contributed by atoms with Gasteiger partial charge in [0.05, 0.1) is 19.4 Å². The largest absolute Gasteiger partial charge is 0.394 e. The molecule has 0 aromatic carbocycles. The summed E-state index contributed by atoms with van der Waals surface area (Å²) in [5.41, 5.74) is 5.63. The minimum atomic E-state index is -0.756. The Kier molecular flexibility index (Phi) is 3.04. The lowest BCUT2D eigenvalue weighted by Crippen LogP contribution is -2.43. The zero-order chi connectivity index (χ0) is 14.4. The van der Waals surface area contributed by atoms with Gasteiger partial charge in [0.1, 0.15) is 11.8 Å². The van der Waals surface area contributed by atoms with Crippen molar-refractivity contribution in [2.24, 2.45) is 0 Å². The van der Waals surface area contributed by atoms with Crippen molar-refractivity contribution in [2.75, 3.05) is 35.9 Å². The summed E-state index contributed by atoms with van der Waals surface area (Å²) in [6.45, 7) is 0.198. The maximum absolute atomic E-state index is 11.9. The summed E-state index contributed by atoms with van der Waals surface area (Å²) in [6.07, 6.45) is -1.47. The number of nitrogens with one attached hydrogen (secondary N) is 1. The third-order valence-corrected chi connectivity index (χ3v) is 3.59. The highest BCUT2D eigenvalue weighted by atomic mass is 16.5. The number of nitrogen functional groups attached to an aromatic ring is 1. The van der Waals surface area contributed by atoms with E-state index in [1.165, 1.54) is 0 Å². The van der Waals surface area contributed by atoms with Crippen LogP contribution in [0.1, 0.15) is 6.42 Å². The number of hydrogen-bond donors (Lipinski definition) is 4. The van der Waals surface area contributed by atoms with Crippen molar-refractivity contribution in [1.82, 2.24) is 9.97 Å². The van der Waals surface area contributed by atoms with Gasteiger partial charge in [-0.05, 0) is 0 Å². The Hall–Kier alpha value is -1.84. The van der Waals surface area contributed by atoms with E-state index in [0.717, 1.165) is 0 Å². The first-order valence-corrected chi connectivity index (χ1v) is 6.33. The molecule has 1 aromatic rings. The van der Waals surface area contributed by atoms with Crippen LogP contribution in [0.2, 0.25) is 0 Å². The number of nitrogens with zero attached hydrogens (tertiary/aromatic N) is 3. The molecular formula is C11H17N5O4. The monoisotopic (exact) mass is 283 g/mol. The molecule has 110 valence electrons. The second-order valence-corrected chi connectivity index (χ2v) is 5.07. The standard InChI is InChI=1S/C11H17N5O4/c1-15-4-16(10-6(18)2-5(3-17)20-10)8-7(15)9(19)14-11(12)13-8/h5-6,10,17-18H,2-4H2,1H3,(H3,12,13,14,19)/t5-,6+,10+/m0/s1. The Labute approximate surface area is 114 Å². The minimum absolute atomic E-state index is 0.0141. The molecule has 2 aliphatic rings. The van der Waals surface area contributed by atoms with Crippen LogP contribution in [-0.4, -0.2) is 58.9 Å². The van der Waals surface area contributed by atoms with Gasteiger partial charge in [0.2, 0.25) is 5.95 Å². The summed E-state index contributed by atoms with van der Waals surface area (Å²) in [6, 6.07) is 0. The first-order chi connectivity index (χ1) is 9.51. The maximum atomic E-state index is 11.9. The van der Waals surface area contributed by atoms with Gasteiger partial charge in [0.25, 0.3) is 5.56 Å². The van der Waals surface area contributed by atoms with Crippen molar-refractivity contribution in [3.8, 4) is 0 Å². The summed E-state index contributed by atoms with van der Waals surface area (Å²) in [7, 11) is 1.75. The van der Waals surface area contributed by atoms with Gasteiger partial charge in [-0.15, -0.1) is 0 Å². The molecule has 0 aliphatic carbocycles. The van der Waals surface area contributed by atoms with E-state index in [0.29, 0.717) is 24.6 Å². The van der Waals surface area contributed by atoms with E-state index in [1.807, 2.05) is 0 Å². The number of aliphatic hydroxyl groups is 2. The Balaban J connectivity index is 1.97. The normalized spacial score (nSPS) is 29.1. The molecule has 0 spiro atoms. The van der Waals surface area contributed by atoms with Crippen LogP contribution < -0.4 is 21.1 Å². The lowest BCUT2D eigenvalue weighted by Gasteiger charge is -2.27. The van der Waals surface area contributed by atoms with Crippen molar-refractivity contribution < 1.29 is 14.9 Å². The fourth-order valence-electron chi connectivity index (χ4n) is 2.71. The van der Waals surface area contributed by atoms with Crippen LogP contribution in [0.15, 0.2) is 4.79 Å². The minimum Gasteiger partial charge on any atom is -0.394 e. The molecule has 3 rings (SSSR count). The van der Waals surface area contributed by atoms with Gasteiger partial charge in [-0.2, -0.15) is 4.98 Å². The summed E-state index contributed by atoms with van der Waals surface area (Å²) >= 11 is 0. The van der Waals surface area contributed by atoms with Crippen molar-refractivity contribution >= 4 is 17.5 Å². The average molecular weight is 283 g/mol. The van der Waals surface area contributed by atoms with Gasteiger partial charge < -0.3 is 30.5 Å². The molecule has 2 aliphatic heterocycles. The molecule has 1 fully saturated rings. The molecule has 1 aromatic heterocycles. The van der Waals surface area contributed by atoms with Crippen LogP contribution in [0, 0.1) is 0 Å². The quantitative estimate of drug-likeness (QED) is 0.492. The van der Waals surface area contributed by atoms with E-state index >= 15 is 0 Å². The SMILES string of the molecule is CN1CN([C@@H]2O[C@H](CO)C[C@H]2O)c2nc(N)[nH]c(=O)c21. The van der Waals surface area contributed by atoms with Crippen molar-refractivity contribution in [3.05, 3.63) is 10.4 Å². The van der Waals surface area contributed by atoms with Crippen LogP contribution in [0.5, 0.6) is 0 Å². The van der Waals surface area contributed by atoms with Crippen LogP contribution >= 0.6 is 0 Å². The van der Waals surface area contributed by atoms with E-state index in [-0.39, 0.29) is 18.1 Å². The van der Waals surface area contributed by atoms with Gasteiger partial charge in [-0.25, -0.2) is 0 Å². The predicted molar refractivity (Wildman–Crippen MR) is 71.4 cm³/mol. The first-order valence-electron chi connectivity index (χ1n) is 6.33. The lowest BCUT2D eigenvalue weighted by molar-refractivity contribution is -0.00999. The molecule has 0 saturated carbocycles. The molecule has 9 nitrogen and oxygen atoms in total. The maximum Gasteiger partial charge on any atom is 0.278 e. The lowest BCUT2D eigenvalue weighted by atomic mass is 10.2. The van der Waals surface area contributed by atoms with Gasteiger partial charge in [-0.3, -0.25) is 9.78 Å². The predicted octanol–water partition coefficient (Wildman–Crippen LogP) is -1.97. The fourth-order valence-corrected chi connectivity index (χ4v) is 2.71. The van der Waals surface area contributed by atoms with Gasteiger partial charge in [-0.1, -0.05) is 0 Å². The summed E-state index contributed by atoms with van der Waals surface area (Å²) in [5.74, 6) is 0.400. The van der Waals surface area contributed by atoms with Gasteiger partial charge >= 0.3 is 0 Å². The highest BCUT2D eigenvalue weighted by Gasteiger charge is 2.42. The number of aromatic nitrogens is 2. The summed E-state index contributed by atoms with van der Waals surface area (Å²) in [5, 5.41) is 19.2. The van der Waals surface area contributed by atoms with Crippen LogP contribution in [0.25, 0.3) is 0 Å². The molecule has 1 saturated heterocycles. The fraction of sp³-hybridized carbons (Fsp3) is 0.636. The summed E-state index contributed by atoms with van der Waals surface area (Å²) in [4.78, 5) is 21.9. The third-order valence-electron chi connectivity index (χ3n) is 3.59. The summed E-state index contributed by atoms with van der Waals surface area (Å²) < 4.78 is 5.60. The molecule has 3 atom stereocenters. The van der Waals surface area contributed by atoms with E-state index in [1.54, 1.807) is 16.8 Å². The molecule has 0 amide bonds. The molecule has 0 bridgehead atoms. The Bertz CT molecular complexity index is 576. The van der Waals surface area contributed by atoms with Crippen LogP contribution in [0.4, 0.5) is 17.5 Å². The number of rotatable bonds is 2. The van der Waals surface area contributed by atoms with Crippen LogP contribution in [0.3, 0.4) is 0 Å². The van der Waals surface area contributed by atoms with Gasteiger partial charge in [0.15, 0.2) is 12.0 Å². The Morgan fingerprint density at radius 3 is 3.00 bits per heavy atom. The average Bonchev–Trinajstić information content (AvgIpc) is 2.90. The molecule has 5 N–H and O–H groups in total. The first kappa shape index (κ1) is 13.2. The van der Waals surface area contributed by atoms with E-state index in [2.05, 4.69) is 9.97 Å². The molecule has 3 heterocycles. The number of hydrogen-bond acceptors (Lipinski definition) is 8. The highest BCUT2D eigenvalue weighted by molar-refractivity contribution is 5.72. The number of anilines is 3. The molecule has 0 radical (unpaired) electrons. The van der Waals surface area contributed by atoms with Crippen molar-refractivity contribution in [3.63, 3.8) is 0 Å². The number of nitrogens with two attached hydrogens (primary N) is 1. The Morgan fingerprint density at radius 1 is 1.60 bits per heavy atom. The van der Waals surface area contributed by atoms with E-state index in [4.69, 9.17) is 15.6 Å². The van der Waals surface area contributed by atoms with E-state index in [9.17, 15) is 9.90 Å². The molecule has 20 heavy (non-hydrogen) atoms. The van der Waals surface area contributed by atoms with Crippen molar-refractivity contribution in [2.45, 2.75) is 24.9 Å². The number of aliphatic hydroxyl groups excluding tert-OH is 2. The van der Waals surface area contributed by atoms with Crippen molar-refractivity contribution in [1.29, 1.82) is 0 Å². The molecule has 9 heteroatoms. The topological polar surface area (TPSA) is 128 Å². The van der Waals surface area contributed by atoms with Gasteiger partial charge in [0, 0.05) is 13.5 Å².